The first-order valence-electron chi connectivity index (χ1n) is 6.70. The lowest BCUT2D eigenvalue weighted by Crippen LogP contribution is -2.32. The highest BCUT2D eigenvalue weighted by molar-refractivity contribution is 7.09. The summed E-state index contributed by atoms with van der Waals surface area (Å²) in [4.78, 5) is 25.8. The summed E-state index contributed by atoms with van der Waals surface area (Å²) < 4.78 is 0. The van der Waals surface area contributed by atoms with E-state index in [2.05, 4.69) is 6.07 Å². The van der Waals surface area contributed by atoms with Crippen LogP contribution in [0, 0.1) is 0 Å². The van der Waals surface area contributed by atoms with Crippen molar-refractivity contribution in [1.29, 1.82) is 0 Å². The van der Waals surface area contributed by atoms with Crippen LogP contribution in [0.4, 0.5) is 0 Å². The average Bonchev–Trinajstić information content (AvgIpc) is 3.08. The van der Waals surface area contributed by atoms with Gasteiger partial charge in [-0.15, -0.1) is 11.3 Å². The fourth-order valence-electron chi connectivity index (χ4n) is 2.07. The van der Waals surface area contributed by atoms with Crippen molar-refractivity contribution >= 4 is 23.2 Å². The molecule has 4 nitrogen and oxygen atoms in total. The molecule has 0 unspecified atom stereocenters. The van der Waals surface area contributed by atoms with Crippen LogP contribution >= 0.6 is 11.3 Å². The largest absolute Gasteiger partial charge is 0.481 e. The summed E-state index contributed by atoms with van der Waals surface area (Å²) in [6.45, 7) is 0.708. The summed E-state index contributed by atoms with van der Waals surface area (Å²) in [6.07, 6.45) is 4.08. The maximum atomic E-state index is 12.2. The number of aliphatic carboxylic acids is 1. The van der Waals surface area contributed by atoms with Gasteiger partial charge in [0.25, 0.3) is 0 Å². The lowest BCUT2D eigenvalue weighted by molar-refractivity contribution is -0.137. The van der Waals surface area contributed by atoms with Crippen molar-refractivity contribution in [3.63, 3.8) is 0 Å². The molecular weight excluding hydrogens is 262 g/mol. The molecule has 0 aliphatic heterocycles. The van der Waals surface area contributed by atoms with Gasteiger partial charge in [-0.25, -0.2) is 0 Å². The van der Waals surface area contributed by atoms with Gasteiger partial charge in [-0.05, 0) is 37.1 Å². The number of carbonyl (C=O) groups excluding carboxylic acids is 1. The van der Waals surface area contributed by atoms with E-state index in [1.54, 1.807) is 11.3 Å². The molecule has 19 heavy (non-hydrogen) atoms. The Bertz CT molecular complexity index is 426. The first-order valence-corrected chi connectivity index (χ1v) is 7.58. The summed E-state index contributed by atoms with van der Waals surface area (Å²) >= 11 is 1.67. The Hall–Kier alpha value is -1.36. The minimum absolute atomic E-state index is 0.154. The lowest BCUT2D eigenvalue weighted by Gasteiger charge is -2.21. The van der Waals surface area contributed by atoms with E-state index in [1.165, 1.54) is 4.88 Å². The molecule has 1 fully saturated rings. The molecule has 0 atom stereocenters. The van der Waals surface area contributed by atoms with E-state index in [-0.39, 0.29) is 12.3 Å². The van der Waals surface area contributed by atoms with Crippen LogP contribution in [0.15, 0.2) is 17.5 Å². The van der Waals surface area contributed by atoms with Gasteiger partial charge in [-0.2, -0.15) is 0 Å². The van der Waals surface area contributed by atoms with E-state index in [1.807, 2.05) is 16.3 Å². The predicted octanol–water partition coefficient (Wildman–Crippen LogP) is 2.88. The van der Waals surface area contributed by atoms with Crippen molar-refractivity contribution in [2.45, 2.75) is 51.1 Å². The van der Waals surface area contributed by atoms with Gasteiger partial charge >= 0.3 is 5.97 Å². The SMILES string of the molecule is O=C(O)CCCCC(=O)N(Cc1cccs1)C1CC1. The molecule has 0 radical (unpaired) electrons. The van der Waals surface area contributed by atoms with Crippen molar-refractivity contribution in [1.82, 2.24) is 4.90 Å². The van der Waals surface area contributed by atoms with Crippen LogP contribution in [0.5, 0.6) is 0 Å². The second-order valence-corrected chi connectivity index (χ2v) is 5.97. The smallest absolute Gasteiger partial charge is 0.303 e. The second-order valence-electron chi connectivity index (χ2n) is 4.93. The molecule has 1 saturated carbocycles. The van der Waals surface area contributed by atoms with Crippen molar-refractivity contribution in [2.75, 3.05) is 0 Å². The Morgan fingerprint density at radius 2 is 2.05 bits per heavy atom. The zero-order chi connectivity index (χ0) is 13.7. The number of hydrogen-bond donors (Lipinski definition) is 1. The molecule has 0 bridgehead atoms. The van der Waals surface area contributed by atoms with Crippen LogP contribution in [0.3, 0.4) is 0 Å². The zero-order valence-corrected chi connectivity index (χ0v) is 11.7. The van der Waals surface area contributed by atoms with Crippen LogP contribution in [0.25, 0.3) is 0 Å². The molecule has 0 saturated heterocycles. The first-order chi connectivity index (χ1) is 9.16. The molecule has 1 aromatic rings. The fourth-order valence-corrected chi connectivity index (χ4v) is 2.78. The maximum absolute atomic E-state index is 12.2. The fraction of sp³-hybridized carbons (Fsp3) is 0.571. The van der Waals surface area contributed by atoms with Gasteiger partial charge in [0.2, 0.25) is 5.91 Å². The Labute approximate surface area is 117 Å². The Kier molecular flexibility index (Phi) is 4.96. The number of hydrogen-bond acceptors (Lipinski definition) is 3. The van der Waals surface area contributed by atoms with Gasteiger partial charge in [0, 0.05) is 23.8 Å². The molecule has 0 spiro atoms. The number of thiophene rings is 1. The predicted molar refractivity (Wildman–Crippen MR) is 74.0 cm³/mol. The van der Waals surface area contributed by atoms with Gasteiger partial charge in [-0.3, -0.25) is 9.59 Å². The van der Waals surface area contributed by atoms with E-state index in [9.17, 15) is 9.59 Å². The van der Waals surface area contributed by atoms with Crippen LogP contribution in [-0.4, -0.2) is 27.9 Å². The number of amides is 1. The lowest BCUT2D eigenvalue weighted by atomic mass is 10.2. The Morgan fingerprint density at radius 3 is 2.63 bits per heavy atom. The third-order valence-corrected chi connectivity index (χ3v) is 4.11. The number of carboxylic acid groups (broad SMARTS) is 1. The van der Waals surface area contributed by atoms with E-state index < -0.39 is 5.97 Å². The zero-order valence-electron chi connectivity index (χ0n) is 10.9. The highest BCUT2D eigenvalue weighted by Gasteiger charge is 2.32. The van der Waals surface area contributed by atoms with Crippen LogP contribution in [0.1, 0.15) is 43.4 Å². The number of carbonyl (C=O) groups is 2. The highest BCUT2D eigenvalue weighted by atomic mass is 32.1. The average molecular weight is 281 g/mol. The molecule has 1 amide bonds. The summed E-state index contributed by atoms with van der Waals surface area (Å²) in [5.74, 6) is -0.619. The van der Waals surface area contributed by atoms with Gasteiger partial charge in [0.15, 0.2) is 0 Å². The van der Waals surface area contributed by atoms with E-state index in [4.69, 9.17) is 5.11 Å². The summed E-state index contributed by atoms with van der Waals surface area (Å²) in [6, 6.07) is 4.47. The van der Waals surface area contributed by atoms with E-state index in [0.717, 1.165) is 12.8 Å². The normalized spacial score (nSPS) is 14.3. The molecule has 1 N–H and O–H groups in total. The Balaban J connectivity index is 1.78. The highest BCUT2D eigenvalue weighted by Crippen LogP contribution is 2.30. The quantitative estimate of drug-likeness (QED) is 0.745. The van der Waals surface area contributed by atoms with E-state index in [0.29, 0.717) is 31.8 Å². The molecule has 104 valence electrons. The minimum atomic E-state index is -0.787. The van der Waals surface area contributed by atoms with Crippen LogP contribution in [0.2, 0.25) is 0 Å². The standard InChI is InChI=1S/C14H19NO3S/c16-13(5-1-2-6-14(17)18)15(11-7-8-11)10-12-4-3-9-19-12/h3-4,9,11H,1-2,5-8,10H2,(H,17,18). The Morgan fingerprint density at radius 1 is 1.32 bits per heavy atom. The van der Waals surface area contributed by atoms with Gasteiger partial charge in [0.05, 0.1) is 6.54 Å². The van der Waals surface area contributed by atoms with Crippen LogP contribution in [-0.2, 0) is 16.1 Å². The molecule has 5 heteroatoms. The first kappa shape index (κ1) is 14.1. The van der Waals surface area contributed by atoms with Gasteiger partial charge in [-0.1, -0.05) is 6.07 Å². The van der Waals surface area contributed by atoms with Crippen LogP contribution < -0.4 is 0 Å². The number of carboxylic acids is 1. The van der Waals surface area contributed by atoms with Crippen molar-refractivity contribution in [2.24, 2.45) is 0 Å². The second kappa shape index (κ2) is 6.70. The molecule has 1 aliphatic carbocycles. The van der Waals surface area contributed by atoms with Crippen molar-refractivity contribution < 1.29 is 14.7 Å². The van der Waals surface area contributed by atoms with Gasteiger partial charge < -0.3 is 10.0 Å². The molecule has 1 aromatic heterocycles. The summed E-state index contributed by atoms with van der Waals surface area (Å²) in [5.41, 5.74) is 0. The van der Waals surface area contributed by atoms with E-state index >= 15 is 0 Å². The summed E-state index contributed by atoms with van der Waals surface area (Å²) in [5, 5.41) is 10.6. The molecule has 1 heterocycles. The molecule has 0 aromatic carbocycles. The minimum Gasteiger partial charge on any atom is -0.481 e. The topological polar surface area (TPSA) is 57.6 Å². The number of rotatable bonds is 8. The third kappa shape index (κ3) is 4.67. The maximum Gasteiger partial charge on any atom is 0.303 e. The van der Waals surface area contributed by atoms with Gasteiger partial charge in [0.1, 0.15) is 0 Å². The summed E-state index contributed by atoms with van der Waals surface area (Å²) in [7, 11) is 0. The number of nitrogens with zero attached hydrogens (tertiary/aromatic N) is 1. The van der Waals surface area contributed by atoms with Crippen molar-refractivity contribution in [3.05, 3.63) is 22.4 Å². The molecule has 1 aliphatic rings. The van der Waals surface area contributed by atoms with Crippen molar-refractivity contribution in [3.8, 4) is 0 Å². The molecular formula is C14H19NO3S. The third-order valence-electron chi connectivity index (χ3n) is 3.25. The molecule has 2 rings (SSSR count). The number of unbranched alkanes of at least 4 members (excludes halogenated alkanes) is 1. The monoisotopic (exact) mass is 281 g/mol.